The van der Waals surface area contributed by atoms with Gasteiger partial charge in [0, 0.05) is 19.0 Å². The molecule has 1 atom stereocenters. The molecule has 1 amide bonds. The fourth-order valence-corrected chi connectivity index (χ4v) is 3.33. The topological polar surface area (TPSA) is 109 Å². The predicted molar refractivity (Wildman–Crippen MR) is 118 cm³/mol. The zero-order valence-electron chi connectivity index (χ0n) is 18.2. The van der Waals surface area contributed by atoms with E-state index in [-0.39, 0.29) is 24.4 Å². The van der Waals surface area contributed by atoms with Crippen molar-refractivity contribution in [2.24, 2.45) is 0 Å². The largest absolute Gasteiger partial charge is 0.493 e. The Bertz CT molecular complexity index is 1160. The minimum Gasteiger partial charge on any atom is -0.493 e. The summed E-state index contributed by atoms with van der Waals surface area (Å²) in [5, 5.41) is 3.09. The maximum atomic E-state index is 12.8. The molecule has 0 fully saturated rings. The lowest BCUT2D eigenvalue weighted by Gasteiger charge is -2.17. The summed E-state index contributed by atoms with van der Waals surface area (Å²) in [5.41, 5.74) is 0.880. The van der Waals surface area contributed by atoms with Crippen LogP contribution in [0.5, 0.6) is 11.5 Å². The molecule has 9 heteroatoms. The van der Waals surface area contributed by atoms with E-state index < -0.39 is 12.0 Å². The number of methoxy groups -OCH3 is 3. The summed E-state index contributed by atoms with van der Waals surface area (Å²) in [4.78, 5) is 41.7. The van der Waals surface area contributed by atoms with E-state index in [0.29, 0.717) is 34.4 Å². The molecule has 0 spiro atoms. The summed E-state index contributed by atoms with van der Waals surface area (Å²) < 4.78 is 16.8. The van der Waals surface area contributed by atoms with Crippen LogP contribution in [0.1, 0.15) is 24.4 Å². The highest BCUT2D eigenvalue weighted by molar-refractivity contribution is 5.85. The van der Waals surface area contributed by atoms with Gasteiger partial charge in [-0.1, -0.05) is 30.3 Å². The second-order valence-electron chi connectivity index (χ2n) is 7.01. The van der Waals surface area contributed by atoms with Gasteiger partial charge in [-0.3, -0.25) is 14.2 Å². The molecular weight excluding hydrogens is 414 g/mol. The zero-order chi connectivity index (χ0) is 23.1. The van der Waals surface area contributed by atoms with Gasteiger partial charge in [-0.15, -0.1) is 0 Å². The first-order valence-corrected chi connectivity index (χ1v) is 10.0. The number of carbonyl (C=O) groups is 2. The Morgan fingerprint density at radius 3 is 2.41 bits per heavy atom. The first kappa shape index (κ1) is 22.8. The van der Waals surface area contributed by atoms with Crippen molar-refractivity contribution in [3.8, 4) is 11.5 Å². The molecule has 0 saturated heterocycles. The quantitative estimate of drug-likeness (QED) is 0.509. The van der Waals surface area contributed by atoms with Gasteiger partial charge < -0.3 is 19.5 Å². The number of esters is 1. The summed E-state index contributed by atoms with van der Waals surface area (Å²) in [5.74, 6) is 0.0482. The second-order valence-corrected chi connectivity index (χ2v) is 7.01. The van der Waals surface area contributed by atoms with Crippen molar-refractivity contribution in [1.82, 2.24) is 14.9 Å². The maximum Gasteiger partial charge on any atom is 0.333 e. The average Bonchev–Trinajstić information content (AvgIpc) is 2.83. The van der Waals surface area contributed by atoms with Crippen LogP contribution in [-0.2, 0) is 20.9 Å². The van der Waals surface area contributed by atoms with Crippen molar-refractivity contribution in [2.75, 3.05) is 21.3 Å². The van der Waals surface area contributed by atoms with Crippen LogP contribution >= 0.6 is 0 Å². The van der Waals surface area contributed by atoms with Crippen molar-refractivity contribution >= 4 is 22.8 Å². The Morgan fingerprint density at radius 2 is 1.75 bits per heavy atom. The van der Waals surface area contributed by atoms with Gasteiger partial charge in [0.05, 0.1) is 38.6 Å². The molecule has 1 aromatic heterocycles. The van der Waals surface area contributed by atoms with Crippen LogP contribution in [0.4, 0.5) is 0 Å². The number of ether oxygens (including phenoxy) is 3. The van der Waals surface area contributed by atoms with E-state index >= 15 is 0 Å². The number of hydrogen-bond donors (Lipinski definition) is 1. The lowest BCUT2D eigenvalue weighted by atomic mass is 10.1. The number of hydrogen-bond acceptors (Lipinski definition) is 7. The number of aromatic nitrogens is 2. The Hall–Kier alpha value is -3.88. The number of fused-ring (bicyclic) bond motifs is 1. The third kappa shape index (κ3) is 5.05. The van der Waals surface area contributed by atoms with E-state index in [4.69, 9.17) is 14.2 Å². The fourth-order valence-electron chi connectivity index (χ4n) is 3.33. The smallest absolute Gasteiger partial charge is 0.333 e. The Kier molecular flexibility index (Phi) is 7.43. The van der Waals surface area contributed by atoms with Gasteiger partial charge in [-0.2, -0.15) is 0 Å². The first-order valence-electron chi connectivity index (χ1n) is 10.0. The van der Waals surface area contributed by atoms with E-state index in [1.165, 1.54) is 32.2 Å². The van der Waals surface area contributed by atoms with E-state index in [2.05, 4.69) is 10.3 Å². The van der Waals surface area contributed by atoms with E-state index in [1.807, 2.05) is 6.07 Å². The molecule has 1 N–H and O–H groups in total. The minimum absolute atomic E-state index is 0.122. The van der Waals surface area contributed by atoms with E-state index in [9.17, 15) is 14.4 Å². The van der Waals surface area contributed by atoms with Gasteiger partial charge in [0.2, 0.25) is 5.91 Å². The van der Waals surface area contributed by atoms with Gasteiger partial charge in [0.15, 0.2) is 17.5 Å². The molecule has 1 unspecified atom stereocenters. The number of nitrogens with one attached hydrogen (secondary N) is 1. The molecule has 32 heavy (non-hydrogen) atoms. The van der Waals surface area contributed by atoms with Gasteiger partial charge >= 0.3 is 5.97 Å². The highest BCUT2D eigenvalue weighted by Gasteiger charge is 2.23. The van der Waals surface area contributed by atoms with Crippen LogP contribution in [-0.4, -0.2) is 42.8 Å². The second kappa shape index (κ2) is 10.4. The summed E-state index contributed by atoms with van der Waals surface area (Å²) in [6, 6.07) is 11.2. The summed E-state index contributed by atoms with van der Waals surface area (Å²) in [7, 11) is 4.28. The number of amides is 1. The van der Waals surface area contributed by atoms with Crippen LogP contribution in [0.15, 0.2) is 53.6 Å². The van der Waals surface area contributed by atoms with Crippen LogP contribution in [0.2, 0.25) is 0 Å². The molecule has 0 radical (unpaired) electrons. The Balaban J connectivity index is 1.67. The third-order valence-corrected chi connectivity index (χ3v) is 5.01. The highest BCUT2D eigenvalue weighted by atomic mass is 16.5. The van der Waals surface area contributed by atoms with Gasteiger partial charge in [0.25, 0.3) is 5.56 Å². The lowest BCUT2D eigenvalue weighted by molar-refractivity contribution is -0.145. The molecule has 2 aromatic carbocycles. The molecule has 3 aromatic rings. The first-order chi connectivity index (χ1) is 15.5. The monoisotopic (exact) mass is 439 g/mol. The van der Waals surface area contributed by atoms with Crippen LogP contribution in [0.3, 0.4) is 0 Å². The summed E-state index contributed by atoms with van der Waals surface area (Å²) >= 11 is 0. The van der Waals surface area contributed by atoms with Gasteiger partial charge in [0.1, 0.15) is 0 Å². The minimum atomic E-state index is -0.888. The van der Waals surface area contributed by atoms with Gasteiger partial charge in [-0.25, -0.2) is 9.78 Å². The maximum absolute atomic E-state index is 12.8. The van der Waals surface area contributed by atoms with Crippen molar-refractivity contribution in [3.63, 3.8) is 0 Å². The molecule has 1 heterocycles. The summed E-state index contributed by atoms with van der Waals surface area (Å²) in [6.07, 6.45) is 1.95. The SMILES string of the molecule is COC(=O)C(NC(=O)CCCn1cnc2cc(OC)c(OC)cc2c1=O)c1ccccc1. The fraction of sp³-hybridized carbons (Fsp3) is 0.304. The molecule has 9 nitrogen and oxygen atoms in total. The standard InChI is InChI=1S/C23H25N3O6/c1-30-18-12-16-17(13-19(18)31-2)24-14-26(22(16)28)11-7-10-20(27)25-21(23(29)32-3)15-8-5-4-6-9-15/h4-6,8-9,12-14,21H,7,10-11H2,1-3H3,(H,25,27). The molecule has 0 aliphatic rings. The normalized spacial score (nSPS) is 11.6. The average molecular weight is 439 g/mol. The number of carbonyl (C=O) groups excluding carboxylic acids is 2. The Morgan fingerprint density at radius 1 is 1.06 bits per heavy atom. The van der Waals surface area contributed by atoms with E-state index in [1.54, 1.807) is 36.4 Å². The third-order valence-electron chi connectivity index (χ3n) is 5.01. The number of rotatable bonds is 9. The van der Waals surface area contributed by atoms with Crippen molar-refractivity contribution in [2.45, 2.75) is 25.4 Å². The highest BCUT2D eigenvalue weighted by Crippen LogP contribution is 2.29. The van der Waals surface area contributed by atoms with Crippen LogP contribution in [0, 0.1) is 0 Å². The number of benzene rings is 2. The molecule has 0 saturated carbocycles. The van der Waals surface area contributed by atoms with Crippen LogP contribution < -0.4 is 20.3 Å². The Labute approximate surface area is 184 Å². The molecule has 0 bridgehead atoms. The zero-order valence-corrected chi connectivity index (χ0v) is 18.2. The van der Waals surface area contributed by atoms with E-state index in [0.717, 1.165) is 0 Å². The summed E-state index contributed by atoms with van der Waals surface area (Å²) in [6.45, 7) is 0.289. The molecule has 0 aliphatic heterocycles. The number of aryl methyl sites for hydroxylation is 1. The van der Waals surface area contributed by atoms with Crippen molar-refractivity contribution in [1.29, 1.82) is 0 Å². The van der Waals surface area contributed by atoms with Crippen molar-refractivity contribution in [3.05, 3.63) is 64.7 Å². The molecular formula is C23H25N3O6. The lowest BCUT2D eigenvalue weighted by Crippen LogP contribution is -2.34. The predicted octanol–water partition coefficient (Wildman–Crippen LogP) is 2.22. The van der Waals surface area contributed by atoms with Gasteiger partial charge in [-0.05, 0) is 18.1 Å². The van der Waals surface area contributed by atoms with Crippen LogP contribution in [0.25, 0.3) is 10.9 Å². The molecule has 168 valence electrons. The van der Waals surface area contributed by atoms with Crippen molar-refractivity contribution < 1.29 is 23.8 Å². The number of nitrogens with zero attached hydrogens (tertiary/aromatic N) is 2. The molecule has 3 rings (SSSR count). The molecule has 0 aliphatic carbocycles.